The molecule has 4 heteroatoms. The average molecular weight is 847 g/mol. The Morgan fingerprint density at radius 2 is 0.694 bits per heavy atom. The molecule has 0 aliphatic heterocycles. The molecule has 0 radical (unpaired) electrons. The number of phenolic OH excluding ortho intramolecular Hbond substituents is 4. The van der Waals surface area contributed by atoms with E-state index in [4.69, 9.17) is 0 Å². The maximum absolute atomic E-state index is 11.1. The van der Waals surface area contributed by atoms with Gasteiger partial charge in [0.05, 0.1) is 0 Å². The molecule has 0 heterocycles. The van der Waals surface area contributed by atoms with Gasteiger partial charge in [-0.25, -0.2) is 0 Å². The zero-order chi connectivity index (χ0) is 46.5. The van der Waals surface area contributed by atoms with Crippen LogP contribution < -0.4 is 0 Å². The Bertz CT molecular complexity index is 1970. The molecule has 342 valence electrons. The molecule has 0 saturated heterocycles. The maximum atomic E-state index is 11.1. The van der Waals surface area contributed by atoms with Gasteiger partial charge in [-0.15, -0.1) is 0 Å². The van der Waals surface area contributed by atoms with Crippen molar-refractivity contribution in [3.8, 4) is 23.0 Å². The van der Waals surface area contributed by atoms with Crippen molar-refractivity contribution in [3.05, 3.63) is 115 Å². The van der Waals surface area contributed by atoms with Crippen LogP contribution in [-0.2, 0) is 34.5 Å². The summed E-state index contributed by atoms with van der Waals surface area (Å²) in [5, 5.41) is 43.1. The van der Waals surface area contributed by atoms with Gasteiger partial charge in [0.25, 0.3) is 0 Å². The average Bonchev–Trinajstić information content (AvgIpc) is 3.17. The minimum absolute atomic E-state index is 0.0178. The van der Waals surface area contributed by atoms with Gasteiger partial charge in [-0.2, -0.15) is 0 Å². The molecule has 2 aliphatic carbocycles. The molecular formula is C58H86O4. The van der Waals surface area contributed by atoms with E-state index in [9.17, 15) is 20.4 Å². The van der Waals surface area contributed by atoms with Crippen molar-refractivity contribution in [2.75, 3.05) is 0 Å². The molecule has 4 nitrogen and oxygen atoms in total. The number of phenols is 4. The monoisotopic (exact) mass is 847 g/mol. The van der Waals surface area contributed by atoms with Crippen molar-refractivity contribution in [2.24, 2.45) is 0 Å². The van der Waals surface area contributed by atoms with Gasteiger partial charge in [0.2, 0.25) is 0 Å². The van der Waals surface area contributed by atoms with Gasteiger partial charge in [-0.3, -0.25) is 0 Å². The highest BCUT2D eigenvalue weighted by Gasteiger charge is 2.28. The van der Waals surface area contributed by atoms with E-state index in [1.54, 1.807) is 0 Å². The number of hydrogen-bond donors (Lipinski definition) is 4. The van der Waals surface area contributed by atoms with Gasteiger partial charge in [-0.05, 0) is 136 Å². The number of benzene rings is 4. The van der Waals surface area contributed by atoms with Crippen LogP contribution in [0.25, 0.3) is 0 Å². The summed E-state index contributed by atoms with van der Waals surface area (Å²) in [6, 6.07) is 17.0. The van der Waals surface area contributed by atoms with E-state index in [2.05, 4.69) is 159 Å². The largest absolute Gasteiger partial charge is 0.507 e. The summed E-state index contributed by atoms with van der Waals surface area (Å²) < 4.78 is 0. The molecule has 2 aliphatic rings. The lowest BCUT2D eigenvalue weighted by Gasteiger charge is -2.28. The van der Waals surface area contributed by atoms with Gasteiger partial charge >= 0.3 is 0 Å². The molecule has 0 amide bonds. The molecule has 0 bridgehead atoms. The molecule has 0 unspecified atom stereocenters. The zero-order valence-corrected chi connectivity index (χ0v) is 42.0. The molecular weight excluding hydrogens is 761 g/mol. The molecule has 0 atom stereocenters. The second kappa shape index (κ2) is 20.3. The first kappa shape index (κ1) is 50.7. The Morgan fingerprint density at radius 1 is 0.403 bits per heavy atom. The van der Waals surface area contributed by atoms with E-state index in [0.29, 0.717) is 41.3 Å². The Kier molecular flexibility index (Phi) is 16.6. The van der Waals surface area contributed by atoms with Crippen LogP contribution in [0.2, 0.25) is 0 Å². The third-order valence-electron chi connectivity index (χ3n) is 13.3. The third kappa shape index (κ3) is 13.1. The summed E-state index contributed by atoms with van der Waals surface area (Å²) in [5.41, 5.74) is 13.2. The van der Waals surface area contributed by atoms with E-state index in [1.165, 1.54) is 86.5 Å². The van der Waals surface area contributed by atoms with E-state index < -0.39 is 0 Å². The fourth-order valence-corrected chi connectivity index (χ4v) is 9.66. The highest BCUT2D eigenvalue weighted by molar-refractivity contribution is 5.53. The number of aromatic hydroxyl groups is 4. The molecule has 0 spiro atoms. The first-order chi connectivity index (χ1) is 28.6. The summed E-state index contributed by atoms with van der Waals surface area (Å²) in [6.45, 7) is 34.2. The van der Waals surface area contributed by atoms with Gasteiger partial charge < -0.3 is 20.4 Å². The molecule has 62 heavy (non-hydrogen) atoms. The fraction of sp³-hybridized carbons (Fsp3) is 0.586. The van der Waals surface area contributed by atoms with Gasteiger partial charge in [0, 0.05) is 6.42 Å². The highest BCUT2D eigenvalue weighted by Crippen LogP contribution is 2.44. The van der Waals surface area contributed by atoms with Crippen LogP contribution in [-0.4, -0.2) is 20.4 Å². The second-order valence-electron chi connectivity index (χ2n) is 23.2. The summed E-state index contributed by atoms with van der Waals surface area (Å²) in [5.74, 6) is 2.82. The lowest BCUT2D eigenvalue weighted by atomic mass is 9.78. The number of aryl methyl sites for hydroxylation is 4. The van der Waals surface area contributed by atoms with Crippen molar-refractivity contribution < 1.29 is 20.4 Å². The highest BCUT2D eigenvalue weighted by atomic mass is 16.3. The van der Waals surface area contributed by atoms with Crippen molar-refractivity contribution in [2.45, 2.75) is 221 Å². The van der Waals surface area contributed by atoms with Crippen molar-refractivity contribution in [1.82, 2.24) is 0 Å². The minimum atomic E-state index is -0.0186. The van der Waals surface area contributed by atoms with Crippen LogP contribution in [0.3, 0.4) is 0 Å². The smallest absolute Gasteiger partial charge is 0.123 e. The van der Waals surface area contributed by atoms with Crippen LogP contribution in [0.4, 0.5) is 0 Å². The first-order valence-corrected chi connectivity index (χ1v) is 24.0. The predicted molar refractivity (Wildman–Crippen MR) is 265 cm³/mol. The van der Waals surface area contributed by atoms with E-state index in [1.807, 2.05) is 0 Å². The number of rotatable bonds is 5. The molecule has 4 N–H and O–H groups in total. The predicted octanol–water partition coefficient (Wildman–Crippen LogP) is 16.2. The maximum Gasteiger partial charge on any atom is 0.123 e. The Hall–Kier alpha value is -3.92. The fourth-order valence-electron chi connectivity index (χ4n) is 9.66. The Labute approximate surface area is 378 Å². The van der Waals surface area contributed by atoms with E-state index in [-0.39, 0.29) is 21.7 Å². The van der Waals surface area contributed by atoms with E-state index in [0.717, 1.165) is 50.9 Å². The van der Waals surface area contributed by atoms with Crippen LogP contribution in [0.1, 0.15) is 233 Å². The summed E-state index contributed by atoms with van der Waals surface area (Å²) in [4.78, 5) is 0. The molecule has 0 aromatic heterocycles. The Morgan fingerprint density at radius 3 is 0.984 bits per heavy atom. The molecule has 2 saturated carbocycles. The van der Waals surface area contributed by atoms with E-state index >= 15 is 0 Å². The number of hydrogen-bond acceptors (Lipinski definition) is 4. The van der Waals surface area contributed by atoms with Crippen LogP contribution in [0, 0.1) is 20.8 Å². The standard InChI is InChI=1S/C27H36O2.C16H26O.C15H24O/c1-18-13-22(26(28)24(15-18)20-9-5-3-6-10-20)17-23-14-19(2)16-25(27(23)29)21-11-7-4-8-12-21;1-8-11-9-12(15(2,3)4)14(17)13(10-11)16(5,6)7;1-10-8-11(14(2,3)4)13(16)12(9-10)15(5,6)7/h13-16,20-21,28-29H,3-12,17H2,1-2H3;9-10,17H,8H2,1-7H3;8-9,16H,1-7H3. The SMILES string of the molecule is CCc1cc(C(C)(C)C)c(O)c(C(C)(C)C)c1.Cc1cc(C(C)(C)C)c(O)c(C(C)(C)C)c1.Cc1cc(Cc2cc(C)cc(C3CCCCC3)c2O)c(O)c(C2CCCCC2)c1. The molecule has 4 aromatic carbocycles. The van der Waals surface area contributed by atoms with Gasteiger partial charge in [-0.1, -0.05) is 194 Å². The first-order valence-electron chi connectivity index (χ1n) is 24.0. The zero-order valence-electron chi connectivity index (χ0n) is 42.0. The summed E-state index contributed by atoms with van der Waals surface area (Å²) in [6.07, 6.45) is 14.0. The van der Waals surface area contributed by atoms with Crippen molar-refractivity contribution in [3.63, 3.8) is 0 Å². The quantitative estimate of drug-likeness (QED) is 0.161. The van der Waals surface area contributed by atoms with Gasteiger partial charge in [0.1, 0.15) is 23.0 Å². The lowest BCUT2D eigenvalue weighted by Crippen LogP contribution is -2.17. The lowest BCUT2D eigenvalue weighted by molar-refractivity contribution is 0.408. The van der Waals surface area contributed by atoms with Crippen LogP contribution >= 0.6 is 0 Å². The second-order valence-corrected chi connectivity index (χ2v) is 23.2. The van der Waals surface area contributed by atoms with Gasteiger partial charge in [0.15, 0.2) is 0 Å². The molecule has 4 aromatic rings. The summed E-state index contributed by atoms with van der Waals surface area (Å²) >= 11 is 0. The molecule has 2 fully saturated rings. The van der Waals surface area contributed by atoms with Crippen LogP contribution in [0.15, 0.2) is 48.5 Å². The molecule has 6 rings (SSSR count). The van der Waals surface area contributed by atoms with Crippen LogP contribution in [0.5, 0.6) is 23.0 Å². The summed E-state index contributed by atoms with van der Waals surface area (Å²) in [7, 11) is 0. The minimum Gasteiger partial charge on any atom is -0.507 e. The van der Waals surface area contributed by atoms with Crippen molar-refractivity contribution >= 4 is 0 Å². The topological polar surface area (TPSA) is 80.9 Å². The van der Waals surface area contributed by atoms with Crippen molar-refractivity contribution in [1.29, 1.82) is 0 Å². The normalized spacial score (nSPS) is 15.7. The third-order valence-corrected chi connectivity index (χ3v) is 13.3. The Balaban J connectivity index is 0.000000220.